The molecule has 1 rings (SSSR count). The van der Waals surface area contributed by atoms with Crippen LogP contribution in [0.4, 0.5) is 0 Å². The third-order valence-corrected chi connectivity index (χ3v) is 3.09. The van der Waals surface area contributed by atoms with Crippen molar-refractivity contribution in [2.45, 2.75) is 45.2 Å². The average Bonchev–Trinajstić information content (AvgIpc) is 2.12. The Morgan fingerprint density at radius 1 is 1.50 bits per heavy atom. The standard InChI is InChI=1S/C11H24N2O/c1-4-6-13-8-10(5-7-14)12-9-11(13,2)3/h10,12,14H,4-9H2,1-3H3. The molecule has 84 valence electrons. The number of hydrogen-bond donors (Lipinski definition) is 2. The van der Waals surface area contributed by atoms with E-state index < -0.39 is 0 Å². The van der Waals surface area contributed by atoms with Crippen molar-refractivity contribution in [3.63, 3.8) is 0 Å². The lowest BCUT2D eigenvalue weighted by Gasteiger charge is -2.46. The molecule has 1 saturated heterocycles. The molecule has 3 heteroatoms. The Kier molecular flexibility index (Phi) is 4.35. The van der Waals surface area contributed by atoms with E-state index in [1.54, 1.807) is 0 Å². The molecule has 0 amide bonds. The van der Waals surface area contributed by atoms with Crippen molar-refractivity contribution in [2.75, 3.05) is 26.2 Å². The van der Waals surface area contributed by atoms with E-state index in [-0.39, 0.29) is 12.1 Å². The van der Waals surface area contributed by atoms with E-state index in [1.165, 1.54) is 6.42 Å². The maximum atomic E-state index is 8.91. The molecule has 1 unspecified atom stereocenters. The van der Waals surface area contributed by atoms with Gasteiger partial charge in [0.05, 0.1) is 0 Å². The summed E-state index contributed by atoms with van der Waals surface area (Å²) in [6.45, 7) is 10.3. The number of rotatable bonds is 4. The van der Waals surface area contributed by atoms with E-state index in [2.05, 4.69) is 31.0 Å². The Morgan fingerprint density at radius 2 is 2.21 bits per heavy atom. The summed E-state index contributed by atoms with van der Waals surface area (Å²) in [4.78, 5) is 2.53. The van der Waals surface area contributed by atoms with E-state index in [4.69, 9.17) is 5.11 Å². The monoisotopic (exact) mass is 200 g/mol. The van der Waals surface area contributed by atoms with Crippen molar-refractivity contribution in [1.29, 1.82) is 0 Å². The number of nitrogens with one attached hydrogen (secondary N) is 1. The van der Waals surface area contributed by atoms with Gasteiger partial charge in [0.15, 0.2) is 0 Å². The van der Waals surface area contributed by atoms with Gasteiger partial charge in [-0.25, -0.2) is 0 Å². The van der Waals surface area contributed by atoms with Gasteiger partial charge in [0.25, 0.3) is 0 Å². The van der Waals surface area contributed by atoms with Crippen molar-refractivity contribution >= 4 is 0 Å². The van der Waals surface area contributed by atoms with Crippen molar-refractivity contribution in [2.24, 2.45) is 0 Å². The number of nitrogens with zero attached hydrogens (tertiary/aromatic N) is 1. The van der Waals surface area contributed by atoms with Crippen LogP contribution in [0.3, 0.4) is 0 Å². The average molecular weight is 200 g/mol. The first-order valence-electron chi connectivity index (χ1n) is 5.69. The lowest BCUT2D eigenvalue weighted by molar-refractivity contribution is 0.0593. The number of aliphatic hydroxyl groups is 1. The molecule has 0 aliphatic carbocycles. The van der Waals surface area contributed by atoms with E-state index in [9.17, 15) is 0 Å². The lowest BCUT2D eigenvalue weighted by atomic mass is 9.96. The summed E-state index contributed by atoms with van der Waals surface area (Å²) in [5, 5.41) is 12.4. The highest BCUT2D eigenvalue weighted by atomic mass is 16.3. The Hall–Kier alpha value is -0.120. The Morgan fingerprint density at radius 3 is 2.79 bits per heavy atom. The highest BCUT2D eigenvalue weighted by molar-refractivity contribution is 4.92. The minimum atomic E-state index is 0.266. The molecule has 14 heavy (non-hydrogen) atoms. The van der Waals surface area contributed by atoms with E-state index >= 15 is 0 Å². The molecule has 3 nitrogen and oxygen atoms in total. The molecule has 0 aromatic heterocycles. The molecular formula is C11H24N2O. The fourth-order valence-corrected chi connectivity index (χ4v) is 2.10. The van der Waals surface area contributed by atoms with Gasteiger partial charge >= 0.3 is 0 Å². The van der Waals surface area contributed by atoms with Gasteiger partial charge < -0.3 is 10.4 Å². The van der Waals surface area contributed by atoms with Crippen LogP contribution >= 0.6 is 0 Å². The van der Waals surface area contributed by atoms with Crippen LogP contribution in [0.1, 0.15) is 33.6 Å². The molecule has 0 radical (unpaired) electrons. The largest absolute Gasteiger partial charge is 0.396 e. The van der Waals surface area contributed by atoms with Crippen molar-refractivity contribution < 1.29 is 5.11 Å². The van der Waals surface area contributed by atoms with Gasteiger partial charge in [-0.2, -0.15) is 0 Å². The van der Waals surface area contributed by atoms with Gasteiger partial charge in [-0.1, -0.05) is 6.92 Å². The zero-order chi connectivity index (χ0) is 10.6. The molecule has 0 saturated carbocycles. The fraction of sp³-hybridized carbons (Fsp3) is 1.00. The van der Waals surface area contributed by atoms with Gasteiger partial charge in [0.2, 0.25) is 0 Å². The van der Waals surface area contributed by atoms with Gasteiger partial charge in [0, 0.05) is 31.3 Å². The smallest absolute Gasteiger partial charge is 0.0446 e. The molecule has 0 aromatic carbocycles. The zero-order valence-corrected chi connectivity index (χ0v) is 9.71. The Bertz CT molecular complexity index is 171. The highest BCUT2D eigenvalue weighted by Gasteiger charge is 2.32. The number of aliphatic hydroxyl groups excluding tert-OH is 1. The van der Waals surface area contributed by atoms with Gasteiger partial charge in [-0.3, -0.25) is 4.90 Å². The summed E-state index contributed by atoms with van der Waals surface area (Å²) in [5.74, 6) is 0. The second-order valence-corrected chi connectivity index (χ2v) is 4.85. The van der Waals surface area contributed by atoms with Crippen LogP contribution in [0.25, 0.3) is 0 Å². The predicted molar refractivity (Wildman–Crippen MR) is 59.4 cm³/mol. The molecule has 1 aliphatic rings. The van der Waals surface area contributed by atoms with Crippen molar-refractivity contribution in [1.82, 2.24) is 10.2 Å². The van der Waals surface area contributed by atoms with Crippen LogP contribution in [0.2, 0.25) is 0 Å². The summed E-state index contributed by atoms with van der Waals surface area (Å²) < 4.78 is 0. The minimum absolute atomic E-state index is 0.266. The first-order chi connectivity index (χ1) is 6.60. The molecule has 1 heterocycles. The lowest BCUT2D eigenvalue weighted by Crippen LogP contribution is -2.62. The van der Waals surface area contributed by atoms with Crippen LogP contribution in [0.5, 0.6) is 0 Å². The maximum Gasteiger partial charge on any atom is 0.0446 e. The Labute approximate surface area is 87.5 Å². The third-order valence-electron chi connectivity index (χ3n) is 3.09. The van der Waals surface area contributed by atoms with E-state index in [0.717, 1.165) is 26.1 Å². The molecule has 1 atom stereocenters. The van der Waals surface area contributed by atoms with Crippen LogP contribution in [0.15, 0.2) is 0 Å². The third kappa shape index (κ3) is 2.94. The highest BCUT2D eigenvalue weighted by Crippen LogP contribution is 2.19. The van der Waals surface area contributed by atoms with E-state index in [1.807, 2.05) is 0 Å². The number of hydrogen-bond acceptors (Lipinski definition) is 3. The number of piperazine rings is 1. The topological polar surface area (TPSA) is 35.5 Å². The zero-order valence-electron chi connectivity index (χ0n) is 9.71. The predicted octanol–water partition coefficient (Wildman–Crippen LogP) is 0.831. The molecule has 0 bridgehead atoms. The second kappa shape index (κ2) is 5.10. The summed E-state index contributed by atoms with van der Waals surface area (Å²) in [5.41, 5.74) is 0.266. The fourth-order valence-electron chi connectivity index (χ4n) is 2.10. The summed E-state index contributed by atoms with van der Waals surface area (Å²) in [7, 11) is 0. The quantitative estimate of drug-likeness (QED) is 0.705. The van der Waals surface area contributed by atoms with Crippen LogP contribution in [-0.2, 0) is 0 Å². The normalized spacial score (nSPS) is 27.9. The van der Waals surface area contributed by atoms with Crippen LogP contribution < -0.4 is 5.32 Å². The SMILES string of the molecule is CCCN1CC(CCO)NCC1(C)C. The molecular weight excluding hydrogens is 176 g/mol. The first-order valence-corrected chi connectivity index (χ1v) is 5.69. The van der Waals surface area contributed by atoms with Crippen molar-refractivity contribution in [3.05, 3.63) is 0 Å². The minimum Gasteiger partial charge on any atom is -0.396 e. The summed E-state index contributed by atoms with van der Waals surface area (Å²) >= 11 is 0. The van der Waals surface area contributed by atoms with Crippen LogP contribution in [-0.4, -0.2) is 47.8 Å². The molecule has 1 fully saturated rings. The van der Waals surface area contributed by atoms with Crippen molar-refractivity contribution in [3.8, 4) is 0 Å². The van der Waals surface area contributed by atoms with E-state index in [0.29, 0.717) is 6.04 Å². The summed E-state index contributed by atoms with van der Waals surface area (Å²) in [6, 6.07) is 0.472. The molecule has 0 aromatic rings. The Balaban J connectivity index is 2.49. The van der Waals surface area contributed by atoms with Gasteiger partial charge in [-0.15, -0.1) is 0 Å². The molecule has 0 spiro atoms. The molecule has 2 N–H and O–H groups in total. The van der Waals surface area contributed by atoms with Gasteiger partial charge in [0.1, 0.15) is 0 Å². The second-order valence-electron chi connectivity index (χ2n) is 4.85. The molecule has 1 aliphatic heterocycles. The van der Waals surface area contributed by atoms with Crippen LogP contribution in [0, 0.1) is 0 Å². The maximum absolute atomic E-state index is 8.91. The summed E-state index contributed by atoms with van der Waals surface area (Å²) in [6.07, 6.45) is 2.07. The van der Waals surface area contributed by atoms with Gasteiger partial charge in [-0.05, 0) is 33.2 Å². The first kappa shape index (κ1) is 12.0.